The van der Waals surface area contributed by atoms with Gasteiger partial charge < -0.3 is 4.98 Å². The van der Waals surface area contributed by atoms with Gasteiger partial charge in [-0.05, 0) is 6.07 Å². The van der Waals surface area contributed by atoms with E-state index < -0.39 is 4.92 Å². The number of hydrogen-bond acceptors (Lipinski definition) is 4. The van der Waals surface area contributed by atoms with Crippen LogP contribution < -0.4 is 0 Å². The first kappa shape index (κ1) is 8.36. The molecular formula is C6H3N3O2S. The molecule has 0 amide bonds. The van der Waals surface area contributed by atoms with Crippen molar-refractivity contribution in [3.63, 3.8) is 0 Å². The van der Waals surface area contributed by atoms with Gasteiger partial charge in [-0.3, -0.25) is 10.1 Å². The average molecular weight is 181 g/mol. The molecule has 1 heterocycles. The molecule has 1 rings (SSSR count). The van der Waals surface area contributed by atoms with Crippen molar-refractivity contribution in [2.75, 3.05) is 0 Å². The van der Waals surface area contributed by atoms with Gasteiger partial charge in [-0.2, -0.15) is 5.26 Å². The van der Waals surface area contributed by atoms with Crippen LogP contribution in [0.25, 0.3) is 0 Å². The molecule has 0 aromatic carbocycles. The molecule has 5 nitrogen and oxygen atoms in total. The predicted octanol–water partition coefficient (Wildman–Crippen LogP) is 1.52. The first-order valence-electron chi connectivity index (χ1n) is 2.93. The summed E-state index contributed by atoms with van der Waals surface area (Å²) in [6, 6.07) is 3.00. The summed E-state index contributed by atoms with van der Waals surface area (Å²) in [5.41, 5.74) is -0.362. The van der Waals surface area contributed by atoms with E-state index in [2.05, 4.69) is 17.2 Å². The number of nitro groups is 1. The molecule has 1 aromatic rings. The summed E-state index contributed by atoms with van der Waals surface area (Å²) in [5.74, 6) is 0. The molecule has 1 aromatic heterocycles. The van der Waals surface area contributed by atoms with Crippen molar-refractivity contribution in [3.8, 4) is 6.07 Å². The Kier molecular flexibility index (Phi) is 2.16. The van der Waals surface area contributed by atoms with Crippen LogP contribution in [0, 0.1) is 26.1 Å². The maximum atomic E-state index is 10.4. The number of aromatic nitrogens is 1. The lowest BCUT2D eigenvalue weighted by Crippen LogP contribution is -1.94. The third-order valence-corrected chi connectivity index (χ3v) is 1.55. The van der Waals surface area contributed by atoms with Crippen LogP contribution in [0.2, 0.25) is 0 Å². The molecule has 60 valence electrons. The second kappa shape index (κ2) is 3.11. The topological polar surface area (TPSA) is 82.7 Å². The maximum absolute atomic E-state index is 10.4. The van der Waals surface area contributed by atoms with E-state index in [4.69, 9.17) is 5.26 Å². The lowest BCUT2D eigenvalue weighted by Gasteiger charge is -1.92. The zero-order valence-corrected chi connectivity index (χ0v) is 6.59. The highest BCUT2D eigenvalue weighted by Crippen LogP contribution is 2.16. The largest absolute Gasteiger partial charge is 0.347 e. The van der Waals surface area contributed by atoms with Crippen LogP contribution in [0.3, 0.4) is 0 Å². The van der Waals surface area contributed by atoms with E-state index in [1.54, 1.807) is 6.07 Å². The summed E-state index contributed by atoms with van der Waals surface area (Å²) >= 11 is 4.63. The predicted molar refractivity (Wildman–Crippen MR) is 43.0 cm³/mol. The Bertz CT molecular complexity index is 418. The molecular weight excluding hydrogens is 178 g/mol. The SMILES string of the molecule is N#Cc1cc[nH]c(=S)c1[N+](=O)[O-]. The molecule has 1 N–H and O–H groups in total. The van der Waals surface area contributed by atoms with Gasteiger partial charge in [0.25, 0.3) is 0 Å². The van der Waals surface area contributed by atoms with Crippen molar-refractivity contribution in [1.82, 2.24) is 4.98 Å². The Morgan fingerprint density at radius 2 is 2.42 bits per heavy atom. The second-order valence-corrected chi connectivity index (χ2v) is 2.35. The minimum Gasteiger partial charge on any atom is -0.347 e. The summed E-state index contributed by atoms with van der Waals surface area (Å²) in [7, 11) is 0. The Morgan fingerprint density at radius 3 is 2.83 bits per heavy atom. The van der Waals surface area contributed by atoms with Gasteiger partial charge in [0.2, 0.25) is 0 Å². The number of nitrogens with zero attached hydrogens (tertiary/aromatic N) is 2. The standard InChI is InChI=1S/C6H3N3O2S/c7-3-4-1-2-8-6(12)5(4)9(10)11/h1-2H,(H,8,12). The van der Waals surface area contributed by atoms with Gasteiger partial charge in [0.1, 0.15) is 11.6 Å². The lowest BCUT2D eigenvalue weighted by atomic mass is 10.2. The zero-order valence-electron chi connectivity index (χ0n) is 5.77. The lowest BCUT2D eigenvalue weighted by molar-refractivity contribution is -0.385. The molecule has 0 bridgehead atoms. The number of rotatable bonds is 1. The smallest absolute Gasteiger partial charge is 0.321 e. The highest BCUT2D eigenvalue weighted by Gasteiger charge is 2.14. The molecule has 0 saturated heterocycles. The van der Waals surface area contributed by atoms with Gasteiger partial charge in [0.15, 0.2) is 4.64 Å². The number of nitriles is 1. The molecule has 0 aliphatic carbocycles. The fourth-order valence-corrected chi connectivity index (χ4v) is 0.994. The minimum absolute atomic E-state index is 0.0243. The van der Waals surface area contributed by atoms with Crippen molar-refractivity contribution in [3.05, 3.63) is 32.6 Å². The molecule has 0 radical (unpaired) electrons. The van der Waals surface area contributed by atoms with Gasteiger partial charge in [0, 0.05) is 6.20 Å². The Balaban J connectivity index is 3.54. The molecule has 0 atom stereocenters. The average Bonchev–Trinajstić information content (AvgIpc) is 2.03. The molecule has 0 spiro atoms. The van der Waals surface area contributed by atoms with E-state index in [1.165, 1.54) is 12.3 Å². The van der Waals surface area contributed by atoms with Crippen LogP contribution >= 0.6 is 12.2 Å². The molecule has 0 saturated carbocycles. The number of nitrogens with one attached hydrogen (secondary N) is 1. The quantitative estimate of drug-likeness (QED) is 0.404. The molecule has 6 heteroatoms. The van der Waals surface area contributed by atoms with Crippen LogP contribution in [0.1, 0.15) is 5.56 Å². The van der Waals surface area contributed by atoms with Crippen LogP contribution in [0.4, 0.5) is 5.69 Å². The summed E-state index contributed by atoms with van der Waals surface area (Å²) < 4.78 is -0.0287. The van der Waals surface area contributed by atoms with Gasteiger partial charge in [-0.1, -0.05) is 12.2 Å². The number of aromatic amines is 1. The third-order valence-electron chi connectivity index (χ3n) is 1.24. The van der Waals surface area contributed by atoms with Gasteiger partial charge in [0.05, 0.1) is 4.92 Å². The summed E-state index contributed by atoms with van der Waals surface area (Å²) in [5, 5.41) is 18.8. The highest BCUT2D eigenvalue weighted by atomic mass is 32.1. The number of H-pyrrole nitrogens is 1. The fraction of sp³-hybridized carbons (Fsp3) is 0. The molecule has 0 unspecified atom stereocenters. The van der Waals surface area contributed by atoms with Crippen molar-refractivity contribution < 1.29 is 4.92 Å². The van der Waals surface area contributed by atoms with Crippen molar-refractivity contribution in [1.29, 1.82) is 5.26 Å². The van der Waals surface area contributed by atoms with E-state index in [0.29, 0.717) is 0 Å². The monoisotopic (exact) mass is 181 g/mol. The Hall–Kier alpha value is -1.74. The van der Waals surface area contributed by atoms with E-state index >= 15 is 0 Å². The summed E-state index contributed by atoms with van der Waals surface area (Å²) in [6.07, 6.45) is 1.40. The van der Waals surface area contributed by atoms with Gasteiger partial charge in [-0.25, -0.2) is 0 Å². The van der Waals surface area contributed by atoms with E-state index in [9.17, 15) is 10.1 Å². The summed E-state index contributed by atoms with van der Waals surface area (Å²) in [6.45, 7) is 0. The second-order valence-electron chi connectivity index (χ2n) is 1.94. The third kappa shape index (κ3) is 1.31. The first-order chi connectivity index (χ1) is 5.66. The van der Waals surface area contributed by atoms with E-state index in [0.717, 1.165) is 0 Å². The van der Waals surface area contributed by atoms with Gasteiger partial charge >= 0.3 is 5.69 Å². The molecule has 12 heavy (non-hydrogen) atoms. The fourth-order valence-electron chi connectivity index (χ4n) is 0.742. The Labute approximate surface area is 72.4 Å². The van der Waals surface area contributed by atoms with E-state index in [-0.39, 0.29) is 15.9 Å². The van der Waals surface area contributed by atoms with Crippen LogP contribution in [0.5, 0.6) is 0 Å². The molecule has 0 aliphatic rings. The molecule has 0 aliphatic heterocycles. The number of hydrogen-bond donors (Lipinski definition) is 1. The Morgan fingerprint density at radius 1 is 1.75 bits per heavy atom. The minimum atomic E-state index is -0.669. The van der Waals surface area contributed by atoms with Crippen LogP contribution in [0.15, 0.2) is 12.3 Å². The summed E-state index contributed by atoms with van der Waals surface area (Å²) in [4.78, 5) is 12.2. The normalized spacial score (nSPS) is 8.92. The first-order valence-corrected chi connectivity index (χ1v) is 3.34. The maximum Gasteiger partial charge on any atom is 0.321 e. The molecule has 0 fully saturated rings. The van der Waals surface area contributed by atoms with Crippen LogP contribution in [-0.4, -0.2) is 9.91 Å². The highest BCUT2D eigenvalue weighted by molar-refractivity contribution is 7.71. The van der Waals surface area contributed by atoms with Gasteiger partial charge in [-0.15, -0.1) is 0 Å². The van der Waals surface area contributed by atoms with Crippen molar-refractivity contribution in [2.24, 2.45) is 0 Å². The van der Waals surface area contributed by atoms with Crippen molar-refractivity contribution in [2.45, 2.75) is 0 Å². The van der Waals surface area contributed by atoms with E-state index in [1.807, 2.05) is 0 Å². The zero-order chi connectivity index (χ0) is 9.14. The van der Waals surface area contributed by atoms with Crippen LogP contribution in [-0.2, 0) is 0 Å². The van der Waals surface area contributed by atoms with Crippen molar-refractivity contribution >= 4 is 17.9 Å². The number of pyridine rings is 1.